The lowest BCUT2D eigenvalue weighted by Gasteiger charge is -2.47. The van der Waals surface area contributed by atoms with E-state index in [1.165, 1.54) is 31.2 Å². The van der Waals surface area contributed by atoms with Gasteiger partial charge in [-0.15, -0.1) is 0 Å². The molecule has 12 N–H and O–H groups in total. The Hall–Kier alpha value is -3.71. The van der Waals surface area contributed by atoms with Crippen LogP contribution in [-0.2, 0) is 23.7 Å². The predicted octanol–water partition coefficient (Wildman–Crippen LogP) is -3.57. The van der Waals surface area contributed by atoms with Gasteiger partial charge in [0.2, 0.25) is 17.5 Å². The second-order valence-electron chi connectivity index (χ2n) is 12.9. The third-order valence-electron chi connectivity index (χ3n) is 9.31. The molecule has 0 aliphatic carbocycles. The van der Waals surface area contributed by atoms with Crippen LogP contribution in [0.15, 0.2) is 45.6 Å². The van der Waals surface area contributed by atoms with E-state index in [4.69, 9.17) is 32.8 Å². The summed E-state index contributed by atoms with van der Waals surface area (Å²) in [6, 6.07) is 7.14. The van der Waals surface area contributed by atoms with Crippen molar-refractivity contribution in [3.63, 3.8) is 0 Å². The van der Waals surface area contributed by atoms with Crippen molar-refractivity contribution >= 4 is 11.0 Å². The molecular weight excluding hydrogens is 716 g/mol. The lowest BCUT2D eigenvalue weighted by Crippen LogP contribution is -2.66. The van der Waals surface area contributed by atoms with Gasteiger partial charge in [0, 0.05) is 17.7 Å². The van der Waals surface area contributed by atoms with Gasteiger partial charge in [-0.25, -0.2) is 0 Å². The maximum atomic E-state index is 13.9. The highest BCUT2D eigenvalue weighted by molar-refractivity contribution is 5.88. The van der Waals surface area contributed by atoms with Crippen molar-refractivity contribution in [1.29, 1.82) is 0 Å². The third kappa shape index (κ3) is 7.39. The van der Waals surface area contributed by atoms with E-state index in [1.54, 1.807) is 0 Å². The van der Waals surface area contributed by atoms with Gasteiger partial charge in [-0.3, -0.25) is 4.79 Å². The van der Waals surface area contributed by atoms with E-state index < -0.39 is 133 Å². The summed E-state index contributed by atoms with van der Waals surface area (Å²) in [6.07, 6.45) is -26.0. The highest BCUT2D eigenvalue weighted by Crippen LogP contribution is 2.39. The number of fused-ring (bicyclic) bond motifs is 1. The first-order valence-corrected chi connectivity index (χ1v) is 16.4. The van der Waals surface area contributed by atoms with Gasteiger partial charge in [0.25, 0.3) is 0 Å². The van der Waals surface area contributed by atoms with Crippen LogP contribution in [0.4, 0.5) is 0 Å². The second-order valence-corrected chi connectivity index (χ2v) is 12.9. The van der Waals surface area contributed by atoms with Crippen LogP contribution in [0.5, 0.6) is 23.0 Å². The molecule has 53 heavy (non-hydrogen) atoms. The molecule has 0 unspecified atom stereocenters. The van der Waals surface area contributed by atoms with Gasteiger partial charge in [-0.2, -0.15) is 0 Å². The summed E-state index contributed by atoms with van der Waals surface area (Å²) in [6.45, 7) is -0.271. The zero-order valence-corrected chi connectivity index (χ0v) is 27.7. The smallest absolute Gasteiger partial charge is 0.239 e. The molecular formula is C33H40O20. The first-order valence-electron chi connectivity index (χ1n) is 16.4. The van der Waals surface area contributed by atoms with Crippen LogP contribution in [0.2, 0.25) is 0 Å². The summed E-state index contributed by atoms with van der Waals surface area (Å²) in [5.41, 5.74) is -1.15. The van der Waals surface area contributed by atoms with Gasteiger partial charge in [-0.05, 0) is 31.2 Å². The third-order valence-corrected chi connectivity index (χ3v) is 9.31. The molecule has 0 spiro atoms. The lowest BCUT2D eigenvalue weighted by atomic mass is 9.96. The molecule has 0 amide bonds. The molecule has 2 aromatic carbocycles. The Balaban J connectivity index is 1.30. The molecule has 0 saturated carbocycles. The Morgan fingerprint density at radius 3 is 1.83 bits per heavy atom. The van der Waals surface area contributed by atoms with E-state index in [0.29, 0.717) is 0 Å². The fourth-order valence-corrected chi connectivity index (χ4v) is 6.39. The number of benzene rings is 2. The summed E-state index contributed by atoms with van der Waals surface area (Å²) in [5, 5.41) is 124. The summed E-state index contributed by atoms with van der Waals surface area (Å²) in [5.74, 6) is -2.26. The number of phenols is 3. The molecule has 3 aliphatic heterocycles. The largest absolute Gasteiger partial charge is 0.508 e. The standard InChI is InChI=1S/C33H40O20/c1-10-27(51-32-25(45)22(42)19(39)16(8-34)49-32)24(44)26(46)31(47-10)53-30-23(43)20(40)17(9-35)50-33(30)52-29-21(41)18-14(38)6-13(37)7-15(18)48-28(29)11-2-4-12(36)5-3-11/h2-7,10,16-17,19-20,22-27,30-40,42-46H,8-9H2,1H3/t10-,16-,17-,19+,20+,22-,23-,24-,25+,26-,27-,30+,31-,32-,33-/m0/s1. The zero-order chi connectivity index (χ0) is 38.5. The zero-order valence-electron chi connectivity index (χ0n) is 27.7. The van der Waals surface area contributed by atoms with Crippen molar-refractivity contribution in [2.24, 2.45) is 0 Å². The van der Waals surface area contributed by atoms with Crippen molar-refractivity contribution in [3.8, 4) is 34.3 Å². The minimum absolute atomic E-state index is 0.139. The lowest BCUT2D eigenvalue weighted by molar-refractivity contribution is -0.376. The monoisotopic (exact) mass is 756 g/mol. The molecule has 6 rings (SSSR count). The molecule has 3 saturated heterocycles. The van der Waals surface area contributed by atoms with Crippen LogP contribution in [0.25, 0.3) is 22.3 Å². The normalized spacial score (nSPS) is 37.8. The van der Waals surface area contributed by atoms with Gasteiger partial charge in [-0.1, -0.05) is 0 Å². The van der Waals surface area contributed by atoms with Crippen LogP contribution in [-0.4, -0.2) is 167 Å². The van der Waals surface area contributed by atoms with Crippen LogP contribution in [0.3, 0.4) is 0 Å². The Morgan fingerprint density at radius 2 is 1.19 bits per heavy atom. The number of hydrogen-bond acceptors (Lipinski definition) is 20. The average Bonchev–Trinajstić information content (AvgIpc) is 3.12. The van der Waals surface area contributed by atoms with Crippen LogP contribution >= 0.6 is 0 Å². The van der Waals surface area contributed by atoms with Gasteiger partial charge < -0.3 is 94.1 Å². The average molecular weight is 757 g/mol. The molecule has 3 aliphatic rings. The Bertz CT molecular complexity index is 1780. The number of phenolic OH excluding ortho intramolecular Hbond substituents is 3. The van der Waals surface area contributed by atoms with E-state index in [2.05, 4.69) is 0 Å². The van der Waals surface area contributed by atoms with Gasteiger partial charge in [0.05, 0.1) is 19.3 Å². The van der Waals surface area contributed by atoms with Crippen molar-refractivity contribution in [2.75, 3.05) is 13.2 Å². The Morgan fingerprint density at radius 1 is 0.642 bits per heavy atom. The summed E-state index contributed by atoms with van der Waals surface area (Å²) < 4.78 is 40.1. The number of aromatic hydroxyl groups is 3. The summed E-state index contributed by atoms with van der Waals surface area (Å²) in [7, 11) is 0. The summed E-state index contributed by atoms with van der Waals surface area (Å²) in [4.78, 5) is 13.9. The predicted molar refractivity (Wildman–Crippen MR) is 171 cm³/mol. The van der Waals surface area contributed by atoms with Gasteiger partial charge in [0.1, 0.15) is 89.3 Å². The molecule has 1 aromatic heterocycles. The molecule has 20 nitrogen and oxygen atoms in total. The molecule has 20 heteroatoms. The van der Waals surface area contributed by atoms with Crippen molar-refractivity contribution in [1.82, 2.24) is 0 Å². The topological polar surface area (TPSA) is 328 Å². The Kier molecular flexibility index (Phi) is 11.5. The molecule has 15 atom stereocenters. The van der Waals surface area contributed by atoms with E-state index in [0.717, 1.165) is 12.1 Å². The molecule has 0 radical (unpaired) electrons. The highest BCUT2D eigenvalue weighted by Gasteiger charge is 2.53. The fraction of sp³-hybridized carbons (Fsp3) is 0.545. The van der Waals surface area contributed by atoms with Crippen LogP contribution in [0, 0.1) is 0 Å². The van der Waals surface area contributed by atoms with Gasteiger partial charge in [0.15, 0.2) is 24.4 Å². The number of aliphatic hydroxyl groups is 9. The second kappa shape index (κ2) is 15.6. The Labute approximate surface area is 298 Å². The molecule has 0 bridgehead atoms. The van der Waals surface area contributed by atoms with Crippen molar-refractivity contribution < 1.29 is 94.1 Å². The van der Waals surface area contributed by atoms with Crippen molar-refractivity contribution in [2.45, 2.75) is 99.0 Å². The minimum Gasteiger partial charge on any atom is -0.508 e. The quantitative estimate of drug-likeness (QED) is 0.100. The highest BCUT2D eigenvalue weighted by atomic mass is 16.8. The maximum Gasteiger partial charge on any atom is 0.239 e. The SMILES string of the molecule is C[C@@H]1O[C@@H](O[C@H]2[C@H](Oc3c(-c4ccc(O)cc4)oc4cc(O)cc(O)c4c3=O)O[C@@H](CO)[C@@H](O)[C@@H]2O)[C@@H](O)[C@H](O)[C@H]1O[C@@H]1O[C@@H](CO)[C@@H](O)[C@H](O)[C@H]1O. The maximum absolute atomic E-state index is 13.9. The summed E-state index contributed by atoms with van der Waals surface area (Å²) >= 11 is 0. The van der Waals surface area contributed by atoms with E-state index >= 15 is 0 Å². The molecule has 3 fully saturated rings. The molecule has 4 heterocycles. The minimum atomic E-state index is -2.01. The van der Waals surface area contributed by atoms with Crippen LogP contribution in [0.1, 0.15) is 6.92 Å². The van der Waals surface area contributed by atoms with E-state index in [9.17, 15) is 66.1 Å². The number of ether oxygens (including phenoxy) is 6. The van der Waals surface area contributed by atoms with Crippen LogP contribution < -0.4 is 10.2 Å². The molecule has 3 aromatic rings. The van der Waals surface area contributed by atoms with Crippen molar-refractivity contribution in [3.05, 3.63) is 46.6 Å². The number of aliphatic hydroxyl groups excluding tert-OH is 9. The first kappa shape index (κ1) is 39.0. The number of rotatable bonds is 9. The van der Waals surface area contributed by atoms with E-state index in [-0.39, 0.29) is 22.7 Å². The first-order chi connectivity index (χ1) is 25.1. The molecule has 292 valence electrons. The van der Waals surface area contributed by atoms with Gasteiger partial charge >= 0.3 is 0 Å². The fourth-order valence-electron chi connectivity index (χ4n) is 6.39. The number of hydrogen-bond donors (Lipinski definition) is 12. The van der Waals surface area contributed by atoms with E-state index in [1.807, 2.05) is 0 Å².